The second-order valence-corrected chi connectivity index (χ2v) is 9.51. The lowest BCUT2D eigenvalue weighted by Crippen LogP contribution is -2.51. The van der Waals surface area contributed by atoms with Gasteiger partial charge in [-0.05, 0) is 77.7 Å². The summed E-state index contributed by atoms with van der Waals surface area (Å²) in [6.07, 6.45) is 9.48. The number of hydrogen-bond acceptors (Lipinski definition) is 4. The van der Waals surface area contributed by atoms with Crippen molar-refractivity contribution in [2.24, 2.45) is 29.6 Å². The molecule has 0 unspecified atom stereocenters. The molecule has 0 aromatic heterocycles. The highest BCUT2D eigenvalue weighted by Gasteiger charge is 2.48. The molecule has 2 aliphatic carbocycles. The maximum Gasteiger partial charge on any atom is 0.309 e. The summed E-state index contributed by atoms with van der Waals surface area (Å²) in [6.45, 7) is 11.2. The van der Waals surface area contributed by atoms with Crippen LogP contribution in [0.1, 0.15) is 54.4 Å². The van der Waals surface area contributed by atoms with Crippen LogP contribution >= 0.6 is 0 Å². The zero-order valence-electron chi connectivity index (χ0n) is 19.0. The highest BCUT2D eigenvalue weighted by molar-refractivity contribution is 5.70. The molecule has 0 radical (unpaired) electrons. The third kappa shape index (κ3) is 5.13. The van der Waals surface area contributed by atoms with Crippen LogP contribution in [0.3, 0.4) is 0 Å². The fraction of sp³-hybridized carbons (Fsp3) is 0.640. The molecule has 4 N–H and O–H groups in total. The van der Waals surface area contributed by atoms with Gasteiger partial charge in [0.1, 0.15) is 0 Å². The molecule has 30 heavy (non-hydrogen) atoms. The summed E-state index contributed by atoms with van der Waals surface area (Å²) in [5.41, 5.74) is 2.06. The van der Waals surface area contributed by atoms with Crippen molar-refractivity contribution in [3.8, 4) is 0 Å². The Morgan fingerprint density at radius 3 is 2.53 bits per heavy atom. The average molecular weight is 419 g/mol. The summed E-state index contributed by atoms with van der Waals surface area (Å²) in [6, 6.07) is 0. The van der Waals surface area contributed by atoms with E-state index >= 15 is 0 Å². The second-order valence-electron chi connectivity index (χ2n) is 9.51. The van der Waals surface area contributed by atoms with Crippen LogP contribution in [0.2, 0.25) is 0 Å². The zero-order valence-corrected chi connectivity index (χ0v) is 19.0. The number of fused-ring (bicyclic) bond motifs is 1. The Morgan fingerprint density at radius 2 is 1.97 bits per heavy atom. The van der Waals surface area contributed by atoms with Crippen molar-refractivity contribution in [2.75, 3.05) is 0 Å². The number of allylic oxidation sites excluding steroid dienone is 7. The van der Waals surface area contributed by atoms with Crippen LogP contribution in [0.5, 0.6) is 0 Å². The van der Waals surface area contributed by atoms with Gasteiger partial charge in [-0.25, -0.2) is 0 Å². The molecule has 0 bridgehead atoms. The van der Waals surface area contributed by atoms with Crippen molar-refractivity contribution in [3.63, 3.8) is 0 Å². The van der Waals surface area contributed by atoms with Crippen LogP contribution in [0.25, 0.3) is 0 Å². The van der Waals surface area contributed by atoms with Gasteiger partial charge in [-0.15, -0.1) is 0 Å². The van der Waals surface area contributed by atoms with Crippen molar-refractivity contribution >= 4 is 5.97 Å². The molecule has 5 nitrogen and oxygen atoms in total. The number of hydrogen-bond donors (Lipinski definition) is 4. The van der Waals surface area contributed by atoms with E-state index in [1.165, 1.54) is 18.1 Å². The normalized spacial score (nSPS) is 37.5. The van der Waals surface area contributed by atoms with E-state index in [1.807, 2.05) is 13.0 Å². The van der Waals surface area contributed by atoms with Gasteiger partial charge < -0.3 is 20.4 Å². The van der Waals surface area contributed by atoms with E-state index in [0.29, 0.717) is 18.4 Å². The smallest absolute Gasteiger partial charge is 0.309 e. The first-order chi connectivity index (χ1) is 13.9. The summed E-state index contributed by atoms with van der Waals surface area (Å²) in [5.74, 6) is -1.12. The van der Waals surface area contributed by atoms with Gasteiger partial charge in [-0.3, -0.25) is 4.79 Å². The van der Waals surface area contributed by atoms with E-state index in [1.54, 1.807) is 19.9 Å². The number of carboxylic acids is 1. The standard InChI is InChI=1S/C25H38O5/c1-7-14(2)22-16(4)11-18-13-25(6,30)21(26)12-20(18)19(22)10-8-9-15(3)23(27)17(5)24(28)29/h7-11,17-23,26-27,30H,12-13H2,1-6H3,(H,28,29)/b10-8+,14-7+,15-9+/t17-,18-,19+,20-,21-,22-,23-,25+/m1/s1. The Kier molecular flexibility index (Phi) is 7.89. The van der Waals surface area contributed by atoms with Crippen molar-refractivity contribution in [3.05, 3.63) is 47.1 Å². The first-order valence-electron chi connectivity index (χ1n) is 10.9. The molecule has 1 fully saturated rings. The molecule has 168 valence electrons. The van der Waals surface area contributed by atoms with Gasteiger partial charge in [0.2, 0.25) is 0 Å². The molecular formula is C25H38O5. The fourth-order valence-electron chi connectivity index (χ4n) is 5.13. The lowest BCUT2D eigenvalue weighted by Gasteiger charge is -2.49. The number of aliphatic hydroxyl groups is 3. The van der Waals surface area contributed by atoms with Gasteiger partial charge in [0.15, 0.2) is 0 Å². The van der Waals surface area contributed by atoms with Gasteiger partial charge >= 0.3 is 5.97 Å². The molecule has 0 saturated heterocycles. The minimum Gasteiger partial charge on any atom is -0.481 e. The van der Waals surface area contributed by atoms with Crippen LogP contribution < -0.4 is 0 Å². The fourth-order valence-corrected chi connectivity index (χ4v) is 5.13. The van der Waals surface area contributed by atoms with E-state index < -0.39 is 29.7 Å². The Labute approximate surface area is 180 Å². The van der Waals surface area contributed by atoms with Crippen molar-refractivity contribution in [2.45, 2.75) is 72.2 Å². The van der Waals surface area contributed by atoms with Gasteiger partial charge in [-0.2, -0.15) is 0 Å². The SMILES string of the molecule is C/C=C(\C)[C@@H]1C(C)=C[C@@H]2C[C@](C)(O)[C@H](O)C[C@H]2[C@@H]1/C=C/C=C(\C)[C@@H](O)[C@@H](C)C(=O)O. The predicted molar refractivity (Wildman–Crippen MR) is 119 cm³/mol. The predicted octanol–water partition coefficient (Wildman–Crippen LogP) is 3.87. The van der Waals surface area contributed by atoms with Crippen LogP contribution in [0, 0.1) is 29.6 Å². The van der Waals surface area contributed by atoms with Gasteiger partial charge in [0, 0.05) is 5.92 Å². The lowest BCUT2D eigenvalue weighted by atomic mass is 9.58. The molecule has 2 aliphatic rings. The van der Waals surface area contributed by atoms with Crippen LogP contribution in [-0.4, -0.2) is 44.2 Å². The molecule has 0 aliphatic heterocycles. The Hall–Kier alpha value is -1.69. The number of rotatable bonds is 6. The third-order valence-corrected chi connectivity index (χ3v) is 7.23. The van der Waals surface area contributed by atoms with Crippen LogP contribution in [0.4, 0.5) is 0 Å². The highest BCUT2D eigenvalue weighted by atomic mass is 16.4. The Morgan fingerprint density at radius 1 is 1.33 bits per heavy atom. The first kappa shape index (κ1) is 24.6. The molecule has 0 aromatic carbocycles. The van der Waals surface area contributed by atoms with Crippen molar-refractivity contribution in [1.29, 1.82) is 0 Å². The topological polar surface area (TPSA) is 98.0 Å². The number of carboxylic acid groups (broad SMARTS) is 1. The molecule has 0 heterocycles. The average Bonchev–Trinajstić information content (AvgIpc) is 2.67. The van der Waals surface area contributed by atoms with Crippen LogP contribution in [-0.2, 0) is 4.79 Å². The Bertz CT molecular complexity index is 758. The summed E-state index contributed by atoms with van der Waals surface area (Å²) >= 11 is 0. The monoisotopic (exact) mass is 418 g/mol. The van der Waals surface area contributed by atoms with Crippen molar-refractivity contribution < 1.29 is 25.2 Å². The summed E-state index contributed by atoms with van der Waals surface area (Å²) in [7, 11) is 0. The number of aliphatic carboxylic acids is 1. The van der Waals surface area contributed by atoms with Gasteiger partial charge in [0.05, 0.1) is 23.7 Å². The second kappa shape index (κ2) is 9.63. The van der Waals surface area contributed by atoms with E-state index in [2.05, 4.69) is 32.1 Å². The minimum atomic E-state index is -1.08. The molecular weight excluding hydrogens is 380 g/mol. The first-order valence-corrected chi connectivity index (χ1v) is 10.9. The summed E-state index contributed by atoms with van der Waals surface area (Å²) in [5, 5.41) is 40.5. The third-order valence-electron chi connectivity index (χ3n) is 7.23. The van der Waals surface area contributed by atoms with Gasteiger partial charge in [0.25, 0.3) is 0 Å². The van der Waals surface area contributed by atoms with E-state index in [-0.39, 0.29) is 23.7 Å². The molecule has 0 amide bonds. The number of aliphatic hydroxyl groups excluding tert-OH is 2. The van der Waals surface area contributed by atoms with E-state index in [4.69, 9.17) is 5.11 Å². The molecule has 1 saturated carbocycles. The Balaban J connectivity index is 2.36. The quantitative estimate of drug-likeness (QED) is 0.388. The maximum absolute atomic E-state index is 11.1. The van der Waals surface area contributed by atoms with Gasteiger partial charge in [-0.1, -0.05) is 41.5 Å². The molecule has 0 spiro atoms. The lowest BCUT2D eigenvalue weighted by molar-refractivity contribution is -0.143. The van der Waals surface area contributed by atoms with E-state index in [0.717, 1.165) is 0 Å². The van der Waals surface area contributed by atoms with E-state index in [9.17, 15) is 20.1 Å². The summed E-state index contributed by atoms with van der Waals surface area (Å²) in [4.78, 5) is 11.1. The minimum absolute atomic E-state index is 0.153. The highest BCUT2D eigenvalue weighted by Crippen LogP contribution is 2.50. The largest absolute Gasteiger partial charge is 0.481 e. The summed E-state index contributed by atoms with van der Waals surface area (Å²) < 4.78 is 0. The molecule has 5 heteroatoms. The molecule has 0 aromatic rings. The molecule has 2 rings (SSSR count). The van der Waals surface area contributed by atoms with Crippen molar-refractivity contribution in [1.82, 2.24) is 0 Å². The van der Waals surface area contributed by atoms with Crippen LogP contribution in [0.15, 0.2) is 47.1 Å². The molecule has 8 atom stereocenters. The number of carbonyl (C=O) groups is 1. The maximum atomic E-state index is 11.1. The zero-order chi connectivity index (χ0) is 22.8.